The number of aromatic nitrogens is 2. The van der Waals surface area contributed by atoms with Crippen LogP contribution in [-0.4, -0.2) is 44.2 Å². The minimum absolute atomic E-state index is 0.0385. The van der Waals surface area contributed by atoms with Crippen LogP contribution in [0, 0.1) is 0 Å². The maximum absolute atomic E-state index is 13.1. The maximum Gasteiger partial charge on any atom is 0.387 e. The van der Waals surface area contributed by atoms with Crippen LogP contribution in [0.1, 0.15) is 55.0 Å². The fourth-order valence-corrected chi connectivity index (χ4v) is 5.00. The van der Waals surface area contributed by atoms with E-state index in [1.54, 1.807) is 18.5 Å². The summed E-state index contributed by atoms with van der Waals surface area (Å²) in [5, 5.41) is 0. The first kappa shape index (κ1) is 30.1. The van der Waals surface area contributed by atoms with Gasteiger partial charge in [-0.25, -0.2) is 0 Å². The SMILES string of the molecule is CC(C)(OCOCC[Si](C)(C)C)c1ccc(C(Cc2ccncc2)c2ccc(OC(F)F)c(OC3CC3)c2)cn1. The highest BCUT2D eigenvalue weighted by Crippen LogP contribution is 2.39. The van der Waals surface area contributed by atoms with Gasteiger partial charge in [0.15, 0.2) is 11.5 Å². The lowest BCUT2D eigenvalue weighted by atomic mass is 9.86. The van der Waals surface area contributed by atoms with Gasteiger partial charge in [0.05, 0.1) is 11.8 Å². The molecule has 0 spiro atoms. The van der Waals surface area contributed by atoms with Gasteiger partial charge in [-0.05, 0) is 86.2 Å². The molecule has 1 aromatic carbocycles. The van der Waals surface area contributed by atoms with Crippen LogP contribution < -0.4 is 9.47 Å². The van der Waals surface area contributed by atoms with Crippen LogP contribution in [0.15, 0.2) is 61.1 Å². The lowest BCUT2D eigenvalue weighted by Gasteiger charge is -2.26. The van der Waals surface area contributed by atoms with E-state index >= 15 is 0 Å². The van der Waals surface area contributed by atoms with Crippen molar-refractivity contribution in [1.29, 1.82) is 0 Å². The van der Waals surface area contributed by atoms with Gasteiger partial charge in [-0.15, -0.1) is 0 Å². The lowest BCUT2D eigenvalue weighted by molar-refractivity contribution is -0.130. The number of benzene rings is 1. The molecule has 3 aromatic rings. The van der Waals surface area contributed by atoms with Crippen molar-refractivity contribution in [2.24, 2.45) is 0 Å². The molecular weight excluding hydrogens is 530 g/mol. The fourth-order valence-electron chi connectivity index (χ4n) is 4.24. The quantitative estimate of drug-likeness (QED) is 0.107. The molecule has 6 nitrogen and oxygen atoms in total. The van der Waals surface area contributed by atoms with E-state index in [0.29, 0.717) is 18.8 Å². The summed E-state index contributed by atoms with van der Waals surface area (Å²) in [6.45, 7) is 8.91. The van der Waals surface area contributed by atoms with Gasteiger partial charge in [0.2, 0.25) is 0 Å². The van der Waals surface area contributed by atoms with Gasteiger partial charge >= 0.3 is 6.61 Å². The number of hydrogen-bond acceptors (Lipinski definition) is 6. The molecule has 0 aliphatic heterocycles. The molecule has 0 amide bonds. The standard InChI is InChI=1S/C31H40F2N2O4Si/c1-31(2,37-21-36-16-17-40(3,4)5)29-11-7-24(20-35-29)26(18-22-12-14-34-15-13-22)23-6-10-27(39-30(32)33)28(19-23)38-25-8-9-25/h6-7,10-15,19-20,25-26,30H,8-9,16-18,21H2,1-5H3. The second kappa shape index (κ2) is 13.2. The summed E-state index contributed by atoms with van der Waals surface area (Å²) in [6.07, 6.45) is 7.92. The maximum atomic E-state index is 13.1. The van der Waals surface area contributed by atoms with Crippen LogP contribution in [0.5, 0.6) is 11.5 Å². The van der Waals surface area contributed by atoms with E-state index in [1.807, 2.05) is 50.4 Å². The fraction of sp³-hybridized carbons (Fsp3) is 0.484. The van der Waals surface area contributed by atoms with Crippen molar-refractivity contribution in [3.05, 3.63) is 83.4 Å². The molecule has 0 N–H and O–H groups in total. The van der Waals surface area contributed by atoms with Crippen molar-refractivity contribution in [1.82, 2.24) is 9.97 Å². The largest absolute Gasteiger partial charge is 0.487 e. The third kappa shape index (κ3) is 9.07. The van der Waals surface area contributed by atoms with E-state index in [2.05, 4.69) is 30.7 Å². The molecule has 1 unspecified atom stereocenters. The van der Waals surface area contributed by atoms with E-state index in [4.69, 9.17) is 23.9 Å². The highest BCUT2D eigenvalue weighted by Gasteiger charge is 2.28. The Hall–Kier alpha value is -2.88. The zero-order valence-electron chi connectivity index (χ0n) is 24.0. The van der Waals surface area contributed by atoms with Gasteiger partial charge in [-0.1, -0.05) is 31.8 Å². The van der Waals surface area contributed by atoms with Crippen LogP contribution in [0.25, 0.3) is 0 Å². The minimum atomic E-state index is -2.92. The molecule has 216 valence electrons. The number of halogens is 2. The van der Waals surface area contributed by atoms with E-state index in [9.17, 15) is 8.78 Å². The highest BCUT2D eigenvalue weighted by atomic mass is 28.3. The third-order valence-electron chi connectivity index (χ3n) is 6.90. The number of ether oxygens (including phenoxy) is 4. The van der Waals surface area contributed by atoms with E-state index in [0.717, 1.165) is 41.3 Å². The predicted molar refractivity (Wildman–Crippen MR) is 154 cm³/mol. The first-order valence-electron chi connectivity index (χ1n) is 13.8. The first-order valence-corrected chi connectivity index (χ1v) is 17.5. The summed E-state index contributed by atoms with van der Waals surface area (Å²) in [6, 6.07) is 14.3. The number of rotatable bonds is 15. The Kier molecular flexibility index (Phi) is 9.92. The summed E-state index contributed by atoms with van der Waals surface area (Å²) in [7, 11) is -1.15. The van der Waals surface area contributed by atoms with Gasteiger partial charge in [0.1, 0.15) is 12.4 Å². The zero-order chi connectivity index (χ0) is 28.8. The first-order chi connectivity index (χ1) is 19.0. The summed E-state index contributed by atoms with van der Waals surface area (Å²) in [5.41, 5.74) is 3.18. The topological polar surface area (TPSA) is 62.7 Å². The van der Waals surface area contributed by atoms with Crippen molar-refractivity contribution < 1.29 is 27.7 Å². The van der Waals surface area contributed by atoms with Gasteiger partial charge in [0.25, 0.3) is 0 Å². The number of nitrogens with zero attached hydrogens (tertiary/aromatic N) is 2. The molecule has 4 rings (SSSR count). The Bertz CT molecular complexity index is 1220. The smallest absolute Gasteiger partial charge is 0.387 e. The van der Waals surface area contributed by atoms with E-state index in [-0.39, 0.29) is 24.6 Å². The second-order valence-electron chi connectivity index (χ2n) is 12.0. The molecule has 0 bridgehead atoms. The molecule has 1 fully saturated rings. The van der Waals surface area contributed by atoms with Gasteiger partial charge in [-0.2, -0.15) is 8.78 Å². The van der Waals surface area contributed by atoms with Crippen molar-refractivity contribution in [2.45, 2.75) is 83.0 Å². The average molecular weight is 571 g/mol. The molecule has 2 aromatic heterocycles. The molecule has 2 heterocycles. The van der Waals surface area contributed by atoms with Gasteiger partial charge in [0, 0.05) is 39.2 Å². The zero-order valence-corrected chi connectivity index (χ0v) is 25.0. The summed E-state index contributed by atoms with van der Waals surface area (Å²) in [5.74, 6) is 0.293. The van der Waals surface area contributed by atoms with Crippen LogP contribution in [0.4, 0.5) is 8.78 Å². The molecular formula is C31H40F2N2O4Si. The molecule has 9 heteroatoms. The van der Waals surface area contributed by atoms with Crippen molar-refractivity contribution in [2.75, 3.05) is 13.4 Å². The molecule has 1 saturated carbocycles. The van der Waals surface area contributed by atoms with Crippen LogP contribution in [0.2, 0.25) is 25.7 Å². The van der Waals surface area contributed by atoms with Gasteiger partial charge in [-0.3, -0.25) is 9.97 Å². The van der Waals surface area contributed by atoms with Crippen LogP contribution >= 0.6 is 0 Å². The highest BCUT2D eigenvalue weighted by molar-refractivity contribution is 6.76. The number of hydrogen-bond donors (Lipinski definition) is 0. The molecule has 1 atom stereocenters. The second-order valence-corrected chi connectivity index (χ2v) is 17.6. The van der Waals surface area contributed by atoms with Crippen LogP contribution in [-0.2, 0) is 21.5 Å². The van der Waals surface area contributed by atoms with Crippen molar-refractivity contribution in [3.8, 4) is 11.5 Å². The molecule has 0 radical (unpaired) electrons. The lowest BCUT2D eigenvalue weighted by Crippen LogP contribution is -2.26. The minimum Gasteiger partial charge on any atom is -0.487 e. The van der Waals surface area contributed by atoms with Crippen LogP contribution in [0.3, 0.4) is 0 Å². The predicted octanol–water partition coefficient (Wildman–Crippen LogP) is 7.56. The summed E-state index contributed by atoms with van der Waals surface area (Å²) >= 11 is 0. The molecule has 1 aliphatic carbocycles. The normalized spacial score (nSPS) is 14.8. The number of alkyl halides is 2. The molecule has 40 heavy (non-hydrogen) atoms. The average Bonchev–Trinajstić information content (AvgIpc) is 3.72. The van der Waals surface area contributed by atoms with E-state index < -0.39 is 20.3 Å². The Morgan fingerprint density at radius 3 is 2.33 bits per heavy atom. The third-order valence-corrected chi connectivity index (χ3v) is 8.60. The summed E-state index contributed by atoms with van der Waals surface area (Å²) in [4.78, 5) is 8.91. The Balaban J connectivity index is 1.55. The van der Waals surface area contributed by atoms with Crippen molar-refractivity contribution >= 4 is 8.07 Å². The summed E-state index contributed by atoms with van der Waals surface area (Å²) < 4.78 is 48.6. The Labute approximate surface area is 237 Å². The Morgan fingerprint density at radius 1 is 0.975 bits per heavy atom. The van der Waals surface area contributed by atoms with Gasteiger partial charge < -0.3 is 18.9 Å². The monoisotopic (exact) mass is 570 g/mol. The molecule has 0 saturated heterocycles. The number of pyridine rings is 2. The van der Waals surface area contributed by atoms with E-state index in [1.165, 1.54) is 0 Å². The van der Waals surface area contributed by atoms with Crippen molar-refractivity contribution in [3.63, 3.8) is 0 Å². The molecule has 1 aliphatic rings. The Morgan fingerprint density at radius 2 is 1.70 bits per heavy atom.